The summed E-state index contributed by atoms with van der Waals surface area (Å²) in [6, 6.07) is 6.27. The number of nitrogens with zero attached hydrogens (tertiary/aromatic N) is 6. The maximum Gasteiger partial charge on any atom is 0.433 e. The van der Waals surface area contributed by atoms with Gasteiger partial charge < -0.3 is 10.6 Å². The van der Waals surface area contributed by atoms with Gasteiger partial charge in [-0.1, -0.05) is 6.07 Å². The maximum absolute atomic E-state index is 13.1. The molecule has 1 aliphatic carbocycles. The summed E-state index contributed by atoms with van der Waals surface area (Å²) in [5, 5.41) is 14.3. The molecular formula is C21H16F6N8. The van der Waals surface area contributed by atoms with Crippen molar-refractivity contribution in [1.29, 1.82) is 5.26 Å². The average molecular weight is 494 g/mol. The predicted molar refractivity (Wildman–Crippen MR) is 111 cm³/mol. The van der Waals surface area contributed by atoms with Gasteiger partial charge in [0.25, 0.3) is 0 Å². The summed E-state index contributed by atoms with van der Waals surface area (Å²) in [7, 11) is 0. The standard InChI is InChI=1S/C21H16F6N8/c1-11(20(22,23)24)30-17-33-16(13-3-2-4-14(32-13)21(25,26)27)34-18(35-17)31-12-5-8-29-15(9-12)19(10-28)6-7-19/h2-5,8-9,11H,6-7H2,1H3,(H2,29,30,31,33,34,35)/t11-/m1/s1. The van der Waals surface area contributed by atoms with Crippen molar-refractivity contribution in [2.75, 3.05) is 10.6 Å². The van der Waals surface area contributed by atoms with Crippen molar-refractivity contribution in [3.63, 3.8) is 0 Å². The minimum atomic E-state index is -4.75. The smallest absolute Gasteiger partial charge is 0.343 e. The van der Waals surface area contributed by atoms with Crippen molar-refractivity contribution in [1.82, 2.24) is 24.9 Å². The first-order valence-corrected chi connectivity index (χ1v) is 10.2. The number of aromatic nitrogens is 5. The monoisotopic (exact) mass is 494 g/mol. The zero-order chi connectivity index (χ0) is 25.4. The molecule has 0 aromatic carbocycles. The highest BCUT2D eigenvalue weighted by Crippen LogP contribution is 2.47. The Morgan fingerprint density at radius 3 is 2.34 bits per heavy atom. The topological polar surface area (TPSA) is 112 Å². The molecule has 35 heavy (non-hydrogen) atoms. The van der Waals surface area contributed by atoms with Gasteiger partial charge in [-0.25, -0.2) is 4.98 Å². The van der Waals surface area contributed by atoms with Gasteiger partial charge in [-0.05, 0) is 44.0 Å². The van der Waals surface area contributed by atoms with Crippen LogP contribution in [0, 0.1) is 11.3 Å². The molecule has 182 valence electrons. The van der Waals surface area contributed by atoms with E-state index in [2.05, 4.69) is 41.6 Å². The fourth-order valence-corrected chi connectivity index (χ4v) is 3.05. The number of pyridine rings is 2. The molecule has 3 heterocycles. The third kappa shape index (κ3) is 5.39. The summed E-state index contributed by atoms with van der Waals surface area (Å²) < 4.78 is 78.5. The van der Waals surface area contributed by atoms with Crippen LogP contribution in [0.2, 0.25) is 0 Å². The lowest BCUT2D eigenvalue weighted by atomic mass is 10.0. The molecule has 1 atom stereocenters. The molecule has 1 saturated carbocycles. The average Bonchev–Trinajstić information content (AvgIpc) is 3.59. The molecule has 1 aliphatic rings. The van der Waals surface area contributed by atoms with Crippen molar-refractivity contribution >= 4 is 17.6 Å². The van der Waals surface area contributed by atoms with E-state index in [-0.39, 0.29) is 17.5 Å². The number of alkyl halides is 6. The van der Waals surface area contributed by atoms with Crippen molar-refractivity contribution in [3.05, 3.63) is 47.9 Å². The number of anilines is 3. The van der Waals surface area contributed by atoms with E-state index >= 15 is 0 Å². The van der Waals surface area contributed by atoms with Crippen molar-refractivity contribution in [2.24, 2.45) is 0 Å². The summed E-state index contributed by atoms with van der Waals surface area (Å²) >= 11 is 0. The first-order chi connectivity index (χ1) is 16.4. The first-order valence-electron chi connectivity index (χ1n) is 10.2. The molecule has 0 unspecified atom stereocenters. The van der Waals surface area contributed by atoms with Gasteiger partial charge in [0.05, 0.1) is 17.2 Å². The van der Waals surface area contributed by atoms with E-state index in [1.54, 1.807) is 6.07 Å². The van der Waals surface area contributed by atoms with Gasteiger partial charge in [0.1, 0.15) is 17.4 Å². The third-order valence-electron chi connectivity index (χ3n) is 5.21. The number of nitriles is 1. The van der Waals surface area contributed by atoms with E-state index in [0.29, 0.717) is 24.2 Å². The molecule has 14 heteroatoms. The number of hydrogen-bond acceptors (Lipinski definition) is 8. The highest BCUT2D eigenvalue weighted by atomic mass is 19.4. The molecule has 1 fully saturated rings. The number of rotatable bonds is 6. The number of hydrogen-bond donors (Lipinski definition) is 2. The second-order valence-electron chi connectivity index (χ2n) is 7.87. The Morgan fingerprint density at radius 2 is 1.71 bits per heavy atom. The molecule has 0 saturated heterocycles. The Hall–Kier alpha value is -4.02. The highest BCUT2D eigenvalue weighted by molar-refractivity contribution is 5.60. The zero-order valence-corrected chi connectivity index (χ0v) is 17.9. The van der Waals surface area contributed by atoms with Gasteiger partial charge in [-0.3, -0.25) is 4.98 Å². The minimum Gasteiger partial charge on any atom is -0.343 e. The summed E-state index contributed by atoms with van der Waals surface area (Å²) in [6.45, 7) is 0.838. The third-order valence-corrected chi connectivity index (χ3v) is 5.21. The van der Waals surface area contributed by atoms with Gasteiger partial charge in [-0.15, -0.1) is 0 Å². The molecule has 3 aromatic heterocycles. The van der Waals surface area contributed by atoms with Gasteiger partial charge in [0.15, 0.2) is 5.82 Å². The van der Waals surface area contributed by atoms with E-state index < -0.39 is 35.5 Å². The first kappa shape index (κ1) is 24.1. The van der Waals surface area contributed by atoms with Gasteiger partial charge in [0.2, 0.25) is 11.9 Å². The summed E-state index contributed by atoms with van der Waals surface area (Å²) in [6.07, 6.45) is -6.66. The van der Waals surface area contributed by atoms with Crippen LogP contribution in [0.5, 0.6) is 0 Å². The normalized spacial score (nSPS) is 15.7. The van der Waals surface area contributed by atoms with Crippen LogP contribution in [0.1, 0.15) is 31.2 Å². The zero-order valence-electron chi connectivity index (χ0n) is 17.9. The maximum atomic E-state index is 13.1. The van der Waals surface area contributed by atoms with E-state index in [1.165, 1.54) is 18.3 Å². The SMILES string of the molecule is C[C@@H](Nc1nc(Nc2ccnc(C3(C#N)CC3)c2)nc(-c2cccc(C(F)(F)F)n2)n1)C(F)(F)F. The summed E-state index contributed by atoms with van der Waals surface area (Å²) in [5.41, 5.74) is -1.35. The van der Waals surface area contributed by atoms with Crippen LogP contribution in [0.25, 0.3) is 11.5 Å². The molecule has 3 aromatic rings. The van der Waals surface area contributed by atoms with Crippen LogP contribution in [-0.4, -0.2) is 37.1 Å². The van der Waals surface area contributed by atoms with E-state index in [9.17, 15) is 31.6 Å². The Labute approximate surface area is 194 Å². The fourth-order valence-electron chi connectivity index (χ4n) is 3.05. The van der Waals surface area contributed by atoms with Crippen LogP contribution in [0.15, 0.2) is 36.5 Å². The lowest BCUT2D eigenvalue weighted by molar-refractivity contribution is -0.141. The molecule has 0 spiro atoms. The highest BCUT2D eigenvalue weighted by Gasteiger charge is 2.46. The lowest BCUT2D eigenvalue weighted by Crippen LogP contribution is -2.34. The van der Waals surface area contributed by atoms with Gasteiger partial charge >= 0.3 is 12.4 Å². The molecular weight excluding hydrogens is 478 g/mol. The molecule has 2 N–H and O–H groups in total. The summed E-state index contributed by atoms with van der Waals surface area (Å²) in [5.74, 6) is -1.15. The molecule has 0 aliphatic heterocycles. The fraction of sp³-hybridized carbons (Fsp3) is 0.333. The van der Waals surface area contributed by atoms with Gasteiger partial charge in [-0.2, -0.15) is 46.6 Å². The molecule has 8 nitrogen and oxygen atoms in total. The van der Waals surface area contributed by atoms with Gasteiger partial charge in [0, 0.05) is 11.9 Å². The number of nitrogens with one attached hydrogen (secondary N) is 2. The molecule has 0 bridgehead atoms. The van der Waals surface area contributed by atoms with E-state index in [1.807, 2.05) is 0 Å². The second-order valence-corrected chi connectivity index (χ2v) is 7.87. The lowest BCUT2D eigenvalue weighted by Gasteiger charge is -2.18. The Kier molecular flexibility index (Phi) is 5.95. The van der Waals surface area contributed by atoms with Crippen LogP contribution in [0.3, 0.4) is 0 Å². The largest absolute Gasteiger partial charge is 0.433 e. The molecule has 0 radical (unpaired) electrons. The van der Waals surface area contributed by atoms with E-state index in [4.69, 9.17) is 0 Å². The Morgan fingerprint density at radius 1 is 1.00 bits per heavy atom. The Bertz CT molecular complexity index is 1280. The van der Waals surface area contributed by atoms with Crippen LogP contribution >= 0.6 is 0 Å². The van der Waals surface area contributed by atoms with Crippen LogP contribution in [-0.2, 0) is 11.6 Å². The predicted octanol–water partition coefficient (Wildman–Crippen LogP) is 5.01. The minimum absolute atomic E-state index is 0.245. The van der Waals surface area contributed by atoms with Crippen molar-refractivity contribution in [3.8, 4) is 17.6 Å². The van der Waals surface area contributed by atoms with Crippen molar-refractivity contribution in [2.45, 2.75) is 43.6 Å². The Balaban J connectivity index is 1.72. The van der Waals surface area contributed by atoms with Crippen LogP contribution < -0.4 is 10.6 Å². The summed E-state index contributed by atoms with van der Waals surface area (Å²) in [4.78, 5) is 19.5. The second kappa shape index (κ2) is 8.64. The number of halogens is 6. The van der Waals surface area contributed by atoms with Crippen LogP contribution in [0.4, 0.5) is 43.9 Å². The van der Waals surface area contributed by atoms with Crippen molar-refractivity contribution < 1.29 is 26.3 Å². The molecule has 0 amide bonds. The molecule has 4 rings (SSSR count). The quantitative estimate of drug-likeness (QED) is 0.460. The van der Waals surface area contributed by atoms with E-state index in [0.717, 1.165) is 19.1 Å².